The molecule has 8 aromatic rings. The zero-order valence-electron chi connectivity index (χ0n) is 19.5. The van der Waals surface area contributed by atoms with E-state index < -0.39 is 0 Å². The van der Waals surface area contributed by atoms with Crippen LogP contribution in [0.3, 0.4) is 0 Å². The Labute approximate surface area is 210 Å². The fourth-order valence-electron chi connectivity index (χ4n) is 5.21. The largest absolute Gasteiger partial charge is 0.439 e. The van der Waals surface area contributed by atoms with Crippen molar-refractivity contribution in [2.75, 3.05) is 0 Å². The van der Waals surface area contributed by atoms with Crippen LogP contribution in [0.5, 0.6) is 11.6 Å². The number of pyridine rings is 3. The molecule has 2 aromatic carbocycles. The highest BCUT2D eigenvalue weighted by Crippen LogP contribution is 2.35. The molecule has 0 aliphatic carbocycles. The van der Waals surface area contributed by atoms with Crippen LogP contribution >= 0.6 is 0 Å². The lowest BCUT2D eigenvalue weighted by atomic mass is 10.1. The molecular weight excluding hydrogens is 460 g/mol. The molecule has 0 N–H and O–H groups in total. The second-order valence-corrected chi connectivity index (χ2v) is 8.86. The predicted molar refractivity (Wildman–Crippen MR) is 144 cm³/mol. The van der Waals surface area contributed by atoms with Crippen LogP contribution in [0.4, 0.5) is 0 Å². The minimum atomic E-state index is 0.513. The van der Waals surface area contributed by atoms with E-state index in [9.17, 15) is 0 Å². The van der Waals surface area contributed by atoms with Crippen LogP contribution in [0.15, 0.2) is 110 Å². The summed E-state index contributed by atoms with van der Waals surface area (Å²) in [5.74, 6) is 2.07. The molecule has 0 spiro atoms. The first-order chi connectivity index (χ1) is 18.3. The smallest absolute Gasteiger partial charge is 0.219 e. The highest BCUT2D eigenvalue weighted by molar-refractivity contribution is 6.10. The maximum absolute atomic E-state index is 6.33. The average Bonchev–Trinajstić information content (AvgIpc) is 3.57. The van der Waals surface area contributed by atoms with E-state index in [1.165, 1.54) is 5.39 Å². The van der Waals surface area contributed by atoms with E-state index in [2.05, 4.69) is 49.9 Å². The maximum atomic E-state index is 6.33. The predicted octanol–water partition coefficient (Wildman–Crippen LogP) is 6.72. The molecule has 0 aliphatic rings. The molecule has 6 heterocycles. The summed E-state index contributed by atoms with van der Waals surface area (Å²) in [5, 5.41) is 3.24. The van der Waals surface area contributed by atoms with E-state index in [0.717, 1.165) is 49.8 Å². The normalized spacial score (nSPS) is 11.8. The zero-order valence-corrected chi connectivity index (χ0v) is 19.5. The molecule has 174 valence electrons. The first-order valence-corrected chi connectivity index (χ1v) is 12.0. The van der Waals surface area contributed by atoms with Gasteiger partial charge in [-0.3, -0.25) is 14.0 Å². The Morgan fingerprint density at radius 3 is 2.38 bits per heavy atom. The van der Waals surface area contributed by atoms with Gasteiger partial charge in [0.1, 0.15) is 22.6 Å². The van der Waals surface area contributed by atoms with Gasteiger partial charge in [0.25, 0.3) is 0 Å². The summed E-state index contributed by atoms with van der Waals surface area (Å²) >= 11 is 0. The first-order valence-electron chi connectivity index (χ1n) is 12.0. The van der Waals surface area contributed by atoms with Crippen molar-refractivity contribution in [1.82, 2.24) is 28.9 Å². The molecule has 0 atom stereocenters. The molecular formula is C30H18N6O. The van der Waals surface area contributed by atoms with E-state index >= 15 is 0 Å². The number of hydrogen-bond acceptors (Lipinski definition) is 5. The highest BCUT2D eigenvalue weighted by atomic mass is 16.5. The number of aromatic nitrogens is 6. The minimum absolute atomic E-state index is 0.513. The van der Waals surface area contributed by atoms with Crippen LogP contribution in [-0.2, 0) is 0 Å². The number of ether oxygens (including phenoxy) is 1. The molecule has 0 radical (unpaired) electrons. The van der Waals surface area contributed by atoms with Gasteiger partial charge in [0.05, 0.1) is 16.6 Å². The summed E-state index contributed by atoms with van der Waals surface area (Å²) in [6.07, 6.45) is 7.20. The summed E-state index contributed by atoms with van der Waals surface area (Å²) in [4.78, 5) is 18.6. The molecule has 8 rings (SSSR count). The minimum Gasteiger partial charge on any atom is -0.439 e. The van der Waals surface area contributed by atoms with E-state index in [0.29, 0.717) is 11.6 Å². The molecule has 0 fully saturated rings. The molecule has 0 bridgehead atoms. The van der Waals surface area contributed by atoms with Crippen LogP contribution in [-0.4, -0.2) is 28.9 Å². The lowest BCUT2D eigenvalue weighted by Gasteiger charge is -2.10. The van der Waals surface area contributed by atoms with Gasteiger partial charge in [-0.05, 0) is 48.5 Å². The second-order valence-electron chi connectivity index (χ2n) is 8.86. The van der Waals surface area contributed by atoms with Crippen molar-refractivity contribution in [2.45, 2.75) is 0 Å². The lowest BCUT2D eigenvalue weighted by Crippen LogP contribution is -1.97. The van der Waals surface area contributed by atoms with Gasteiger partial charge in [-0.1, -0.05) is 24.3 Å². The maximum Gasteiger partial charge on any atom is 0.219 e. The molecule has 0 unspecified atom stereocenters. The Bertz CT molecular complexity index is 2130. The van der Waals surface area contributed by atoms with Gasteiger partial charge in [-0.25, -0.2) is 15.0 Å². The summed E-state index contributed by atoms with van der Waals surface area (Å²) in [5.41, 5.74) is 5.51. The summed E-state index contributed by atoms with van der Waals surface area (Å²) in [6.45, 7) is 0. The fraction of sp³-hybridized carbons (Fsp3) is 0. The molecule has 6 aromatic heterocycles. The van der Waals surface area contributed by atoms with Gasteiger partial charge in [-0.15, -0.1) is 0 Å². The Kier molecular flexibility index (Phi) is 4.10. The zero-order chi connectivity index (χ0) is 24.3. The van der Waals surface area contributed by atoms with Crippen molar-refractivity contribution in [3.05, 3.63) is 110 Å². The first kappa shape index (κ1) is 19.9. The van der Waals surface area contributed by atoms with Crippen LogP contribution in [0, 0.1) is 0 Å². The van der Waals surface area contributed by atoms with E-state index in [4.69, 9.17) is 9.72 Å². The third-order valence-corrected chi connectivity index (χ3v) is 6.77. The number of fused-ring (bicyclic) bond motifs is 9. The molecule has 37 heavy (non-hydrogen) atoms. The molecule has 0 saturated carbocycles. The quantitative estimate of drug-likeness (QED) is 0.264. The van der Waals surface area contributed by atoms with Crippen LogP contribution in [0.1, 0.15) is 0 Å². The van der Waals surface area contributed by atoms with Gasteiger partial charge in [0, 0.05) is 53.1 Å². The van der Waals surface area contributed by atoms with E-state index in [1.807, 2.05) is 71.4 Å². The fourth-order valence-corrected chi connectivity index (χ4v) is 5.21. The third kappa shape index (κ3) is 2.94. The van der Waals surface area contributed by atoms with Gasteiger partial charge in [0.2, 0.25) is 5.88 Å². The Hall–Kier alpha value is -5.30. The molecule has 0 aliphatic heterocycles. The number of para-hydroxylation sites is 1. The SMILES string of the molecule is c1ccc(-n2c3ccccc3c3ccc(Oc4ccc5c(n4)c4cccn4c4nccnc54)cc32)nc1. The summed E-state index contributed by atoms with van der Waals surface area (Å²) < 4.78 is 10.5. The highest BCUT2D eigenvalue weighted by Gasteiger charge is 2.15. The van der Waals surface area contributed by atoms with Gasteiger partial charge < -0.3 is 4.74 Å². The Morgan fingerprint density at radius 2 is 1.43 bits per heavy atom. The molecule has 0 amide bonds. The Balaban J connectivity index is 1.30. The van der Waals surface area contributed by atoms with Crippen molar-refractivity contribution >= 4 is 49.4 Å². The summed E-state index contributed by atoms with van der Waals surface area (Å²) in [7, 11) is 0. The second kappa shape index (κ2) is 7.60. The van der Waals surface area contributed by atoms with Crippen molar-refractivity contribution in [1.29, 1.82) is 0 Å². The van der Waals surface area contributed by atoms with E-state index in [-0.39, 0.29) is 0 Å². The van der Waals surface area contributed by atoms with Crippen molar-refractivity contribution < 1.29 is 4.74 Å². The van der Waals surface area contributed by atoms with Crippen molar-refractivity contribution in [2.24, 2.45) is 0 Å². The van der Waals surface area contributed by atoms with Gasteiger partial charge in [0.15, 0.2) is 5.65 Å². The van der Waals surface area contributed by atoms with Crippen LogP contribution in [0.25, 0.3) is 55.2 Å². The van der Waals surface area contributed by atoms with Gasteiger partial charge >= 0.3 is 0 Å². The monoisotopic (exact) mass is 478 g/mol. The molecule has 0 saturated heterocycles. The topological polar surface area (TPSA) is 70.1 Å². The number of rotatable bonds is 3. The standard InChI is InChI=1S/C30H18N6O/c1-2-7-23-20(6-1)21-11-10-19(18-25(21)36(23)26-9-3-4-14-31-26)37-27-13-12-22-28(34-27)24-8-5-17-35(24)30-29(22)32-15-16-33-30/h1-18H. The van der Waals surface area contributed by atoms with Crippen molar-refractivity contribution in [3.63, 3.8) is 0 Å². The van der Waals surface area contributed by atoms with Crippen LogP contribution < -0.4 is 4.74 Å². The lowest BCUT2D eigenvalue weighted by molar-refractivity contribution is 0.466. The van der Waals surface area contributed by atoms with Crippen molar-refractivity contribution in [3.8, 4) is 17.4 Å². The molecule has 7 heteroatoms. The van der Waals surface area contributed by atoms with E-state index in [1.54, 1.807) is 12.4 Å². The number of hydrogen-bond donors (Lipinski definition) is 0. The Morgan fingerprint density at radius 1 is 0.595 bits per heavy atom. The van der Waals surface area contributed by atoms with Crippen LogP contribution in [0.2, 0.25) is 0 Å². The molecule has 7 nitrogen and oxygen atoms in total. The number of nitrogens with zero attached hydrogens (tertiary/aromatic N) is 6. The third-order valence-electron chi connectivity index (χ3n) is 6.77. The number of benzene rings is 2. The summed E-state index contributed by atoms with van der Waals surface area (Å²) in [6, 6.07) is 28.3. The van der Waals surface area contributed by atoms with Gasteiger partial charge in [-0.2, -0.15) is 0 Å². The average molecular weight is 479 g/mol.